The van der Waals surface area contributed by atoms with Crippen LogP contribution in [0.5, 0.6) is 0 Å². The summed E-state index contributed by atoms with van der Waals surface area (Å²) in [5, 5.41) is 0. The molecule has 0 radical (unpaired) electrons. The maximum Gasteiger partial charge on any atom is 0.207 e. The molecule has 2 aromatic rings. The second kappa shape index (κ2) is 3.77. The smallest absolute Gasteiger partial charge is 0.0774 e. The summed E-state index contributed by atoms with van der Waals surface area (Å²) in [6.45, 7) is 7.22. The van der Waals surface area contributed by atoms with E-state index in [2.05, 4.69) is 57.1 Å². The first-order valence-corrected chi connectivity index (χ1v) is 6.34. The van der Waals surface area contributed by atoms with E-state index >= 15 is 0 Å². The molecule has 0 aliphatic carbocycles. The second-order valence-electron chi connectivity index (χ2n) is 5.30. The van der Waals surface area contributed by atoms with Crippen LogP contribution in [0, 0.1) is 13.8 Å². The molecule has 84 valence electrons. The molecule has 3 rings (SSSR count). The maximum absolute atomic E-state index is 2.35. The lowest BCUT2D eigenvalue weighted by Gasteiger charge is -2.24. The summed E-state index contributed by atoms with van der Waals surface area (Å²) in [5.74, 6) is 0. The van der Waals surface area contributed by atoms with Gasteiger partial charge in [0.1, 0.15) is 0 Å². The lowest BCUT2D eigenvalue weighted by molar-refractivity contribution is 1.19. The second-order valence-corrected chi connectivity index (χ2v) is 5.30. The Labute approximate surface area is 104 Å². The highest BCUT2D eigenvalue weighted by molar-refractivity contribution is 6.85. The summed E-state index contributed by atoms with van der Waals surface area (Å²) >= 11 is 0. The van der Waals surface area contributed by atoms with E-state index in [0.717, 1.165) is 6.42 Å². The summed E-state index contributed by atoms with van der Waals surface area (Å²) in [7, 11) is 0. The third-order valence-electron chi connectivity index (χ3n) is 3.92. The van der Waals surface area contributed by atoms with Crippen molar-refractivity contribution in [2.75, 3.05) is 0 Å². The third kappa shape index (κ3) is 1.70. The Morgan fingerprint density at radius 3 is 1.76 bits per heavy atom. The van der Waals surface area contributed by atoms with Crippen molar-refractivity contribution in [1.82, 2.24) is 0 Å². The van der Waals surface area contributed by atoms with Gasteiger partial charge in [-0.3, -0.25) is 0 Å². The highest BCUT2D eigenvalue weighted by Crippen LogP contribution is 2.15. The van der Waals surface area contributed by atoms with Crippen LogP contribution < -0.4 is 10.9 Å². The number of hydrogen-bond donors (Lipinski definition) is 0. The lowest BCUT2D eigenvalue weighted by atomic mass is 9.38. The third-order valence-corrected chi connectivity index (χ3v) is 3.92. The van der Waals surface area contributed by atoms with Gasteiger partial charge in [-0.1, -0.05) is 65.3 Å². The first kappa shape index (κ1) is 10.6. The average Bonchev–Trinajstić information content (AvgIpc) is 2.32. The Morgan fingerprint density at radius 2 is 1.29 bits per heavy atom. The Bertz CT molecular complexity index is 533. The first-order chi connectivity index (χ1) is 8.15. The molecule has 1 aliphatic heterocycles. The van der Waals surface area contributed by atoms with Gasteiger partial charge in [-0.25, -0.2) is 0 Å². The standard InChI is InChI=1S/C16H17B/c1-11-4-6-13-10-14-7-5-12(2)9-16(14)17(3)15(13)8-11/h4-9H,10H2,1-3H3. The van der Waals surface area contributed by atoms with Gasteiger partial charge in [-0.2, -0.15) is 0 Å². The van der Waals surface area contributed by atoms with Gasteiger partial charge in [0.05, 0.1) is 0 Å². The molecule has 0 saturated heterocycles. The molecule has 0 saturated carbocycles. The van der Waals surface area contributed by atoms with E-state index in [1.165, 1.54) is 33.2 Å². The molecule has 1 heteroatoms. The molecule has 1 aliphatic rings. The quantitative estimate of drug-likeness (QED) is 0.598. The van der Waals surface area contributed by atoms with E-state index < -0.39 is 0 Å². The zero-order chi connectivity index (χ0) is 12.0. The van der Waals surface area contributed by atoms with Gasteiger partial charge in [-0.05, 0) is 31.4 Å². The minimum Gasteiger partial charge on any atom is -0.0774 e. The van der Waals surface area contributed by atoms with Crippen molar-refractivity contribution in [3.05, 3.63) is 58.7 Å². The fraction of sp³-hybridized carbons (Fsp3) is 0.250. The van der Waals surface area contributed by atoms with Gasteiger partial charge in [0, 0.05) is 0 Å². The van der Waals surface area contributed by atoms with Crippen molar-refractivity contribution in [2.24, 2.45) is 0 Å². The van der Waals surface area contributed by atoms with Crippen LogP contribution in [0.2, 0.25) is 6.82 Å². The van der Waals surface area contributed by atoms with E-state index in [9.17, 15) is 0 Å². The van der Waals surface area contributed by atoms with Crippen LogP contribution in [0.25, 0.3) is 0 Å². The fourth-order valence-corrected chi connectivity index (χ4v) is 2.93. The molecule has 0 unspecified atom stereocenters. The summed E-state index contributed by atoms with van der Waals surface area (Å²) in [5.41, 5.74) is 8.77. The highest BCUT2D eigenvalue weighted by atomic mass is 14.1. The minimum absolute atomic E-state index is 0.536. The van der Waals surface area contributed by atoms with Gasteiger partial charge in [0.15, 0.2) is 0 Å². The summed E-state index contributed by atoms with van der Waals surface area (Å²) in [4.78, 5) is 0. The predicted octanol–water partition coefficient (Wildman–Crippen LogP) is 2.45. The van der Waals surface area contributed by atoms with Crippen LogP contribution in [0.3, 0.4) is 0 Å². The SMILES string of the molecule is CB1c2cc(C)ccc2Cc2ccc(C)cc21. The minimum atomic E-state index is 0.536. The van der Waals surface area contributed by atoms with Gasteiger partial charge in [0.2, 0.25) is 6.71 Å². The van der Waals surface area contributed by atoms with Gasteiger partial charge in [0.25, 0.3) is 0 Å². The van der Waals surface area contributed by atoms with E-state index in [-0.39, 0.29) is 0 Å². The molecule has 2 aromatic carbocycles. The fourth-order valence-electron chi connectivity index (χ4n) is 2.93. The molecule has 0 bridgehead atoms. The number of benzene rings is 2. The van der Waals surface area contributed by atoms with Crippen molar-refractivity contribution in [1.29, 1.82) is 0 Å². The molecule has 0 N–H and O–H groups in total. The van der Waals surface area contributed by atoms with Gasteiger partial charge in [-0.15, -0.1) is 0 Å². The van der Waals surface area contributed by atoms with Crippen LogP contribution in [-0.4, -0.2) is 6.71 Å². The number of hydrogen-bond acceptors (Lipinski definition) is 0. The van der Waals surface area contributed by atoms with E-state index in [4.69, 9.17) is 0 Å². The van der Waals surface area contributed by atoms with Crippen LogP contribution in [0.4, 0.5) is 0 Å². The zero-order valence-electron chi connectivity index (χ0n) is 10.7. The molecule has 0 aromatic heterocycles. The lowest BCUT2D eigenvalue weighted by Crippen LogP contribution is -2.47. The molecule has 0 fully saturated rings. The number of aryl methyl sites for hydroxylation is 2. The molecule has 0 nitrogen and oxygen atoms in total. The first-order valence-electron chi connectivity index (χ1n) is 6.34. The Kier molecular flexibility index (Phi) is 2.36. The molecule has 1 heterocycles. The van der Waals surface area contributed by atoms with Crippen molar-refractivity contribution < 1.29 is 0 Å². The van der Waals surface area contributed by atoms with Crippen molar-refractivity contribution in [3.8, 4) is 0 Å². The Hall–Kier alpha value is -1.50. The van der Waals surface area contributed by atoms with Gasteiger partial charge >= 0.3 is 0 Å². The van der Waals surface area contributed by atoms with Crippen LogP contribution in [0.1, 0.15) is 22.3 Å². The normalized spacial score (nSPS) is 13.2. The topological polar surface area (TPSA) is 0 Å². The molecular formula is C16H17B. The van der Waals surface area contributed by atoms with Crippen LogP contribution in [0.15, 0.2) is 36.4 Å². The predicted molar refractivity (Wildman–Crippen MR) is 76.1 cm³/mol. The monoisotopic (exact) mass is 220 g/mol. The molecule has 0 spiro atoms. The van der Waals surface area contributed by atoms with E-state index in [1.54, 1.807) is 0 Å². The van der Waals surface area contributed by atoms with Crippen LogP contribution in [-0.2, 0) is 6.42 Å². The van der Waals surface area contributed by atoms with E-state index in [0.29, 0.717) is 6.71 Å². The molecule has 17 heavy (non-hydrogen) atoms. The van der Waals surface area contributed by atoms with E-state index in [1.807, 2.05) is 0 Å². The summed E-state index contributed by atoms with van der Waals surface area (Å²) in [6, 6.07) is 13.7. The highest BCUT2D eigenvalue weighted by Gasteiger charge is 2.24. The van der Waals surface area contributed by atoms with Crippen molar-refractivity contribution in [3.63, 3.8) is 0 Å². The maximum atomic E-state index is 2.35. The number of rotatable bonds is 0. The summed E-state index contributed by atoms with van der Waals surface area (Å²) in [6.07, 6.45) is 1.09. The largest absolute Gasteiger partial charge is 0.207 e. The van der Waals surface area contributed by atoms with Crippen molar-refractivity contribution >= 4 is 17.6 Å². The molecule has 0 atom stereocenters. The van der Waals surface area contributed by atoms with Crippen LogP contribution >= 0.6 is 0 Å². The molecular weight excluding hydrogens is 203 g/mol. The van der Waals surface area contributed by atoms with Crippen molar-refractivity contribution in [2.45, 2.75) is 27.1 Å². The zero-order valence-corrected chi connectivity index (χ0v) is 10.7. The molecule has 0 amide bonds. The average molecular weight is 220 g/mol. The Morgan fingerprint density at radius 1 is 0.824 bits per heavy atom. The summed E-state index contributed by atoms with van der Waals surface area (Å²) < 4.78 is 0. The van der Waals surface area contributed by atoms with Gasteiger partial charge < -0.3 is 0 Å². The number of fused-ring (bicyclic) bond motifs is 2. The Balaban J connectivity index is 2.18.